The maximum atomic E-state index is 12.6. The highest BCUT2D eigenvalue weighted by molar-refractivity contribution is 7.87. The second kappa shape index (κ2) is 3.72. The molecule has 1 atom stereocenters. The Hall–Kier alpha value is -0.580. The number of hydrogen-bond acceptors (Lipinski definition) is 2. The van der Waals surface area contributed by atoms with Gasteiger partial charge in [-0.25, -0.2) is 0 Å². The molecular formula is C5H5F7O3S. The van der Waals surface area contributed by atoms with Crippen LogP contribution in [-0.4, -0.2) is 30.3 Å². The third kappa shape index (κ3) is 2.39. The number of alkyl halides is 7. The van der Waals surface area contributed by atoms with Gasteiger partial charge >= 0.3 is 27.5 Å². The van der Waals surface area contributed by atoms with Gasteiger partial charge in [0.1, 0.15) is 5.92 Å². The molecule has 0 aromatic rings. The lowest BCUT2D eigenvalue weighted by Crippen LogP contribution is -2.54. The molecule has 0 saturated carbocycles. The predicted molar refractivity (Wildman–Crippen MR) is 36.7 cm³/mol. The van der Waals surface area contributed by atoms with Crippen molar-refractivity contribution in [2.75, 3.05) is 0 Å². The summed E-state index contributed by atoms with van der Waals surface area (Å²) >= 11 is 0. The first-order valence-corrected chi connectivity index (χ1v) is 4.89. The van der Waals surface area contributed by atoms with Crippen molar-refractivity contribution in [1.82, 2.24) is 0 Å². The minimum absolute atomic E-state index is 0.320. The van der Waals surface area contributed by atoms with Gasteiger partial charge < -0.3 is 0 Å². The van der Waals surface area contributed by atoms with Gasteiger partial charge in [0.05, 0.1) is 0 Å². The Bertz CT molecular complexity index is 357. The smallest absolute Gasteiger partial charge is 0.281 e. The lowest BCUT2D eigenvalue weighted by molar-refractivity contribution is -0.277. The summed E-state index contributed by atoms with van der Waals surface area (Å²) in [6.45, 7) is -0.320. The van der Waals surface area contributed by atoms with Gasteiger partial charge in [0.15, 0.2) is 0 Å². The maximum absolute atomic E-state index is 12.6. The van der Waals surface area contributed by atoms with Crippen molar-refractivity contribution in [2.45, 2.75) is 24.3 Å². The Morgan fingerprint density at radius 2 is 1.31 bits per heavy atom. The molecular weight excluding hydrogens is 273 g/mol. The molecule has 0 heterocycles. The van der Waals surface area contributed by atoms with E-state index in [1.54, 1.807) is 0 Å². The summed E-state index contributed by atoms with van der Waals surface area (Å²) in [5.41, 5.74) is 0. The Morgan fingerprint density at radius 1 is 1.00 bits per heavy atom. The molecule has 0 amide bonds. The zero-order valence-electron chi connectivity index (χ0n) is 7.40. The van der Waals surface area contributed by atoms with E-state index in [9.17, 15) is 39.2 Å². The Kier molecular flexibility index (Phi) is 3.59. The summed E-state index contributed by atoms with van der Waals surface area (Å²) in [6.07, 6.45) is -5.74. The maximum Gasteiger partial charge on any atom is 0.432 e. The minimum Gasteiger partial charge on any atom is -0.281 e. The monoisotopic (exact) mass is 278 g/mol. The predicted octanol–water partition coefficient (Wildman–Crippen LogP) is 2.30. The van der Waals surface area contributed by atoms with Gasteiger partial charge in [0, 0.05) is 0 Å². The quantitative estimate of drug-likeness (QED) is 0.636. The van der Waals surface area contributed by atoms with Crippen LogP contribution in [0.1, 0.15) is 6.92 Å². The fourth-order valence-electron chi connectivity index (χ4n) is 0.630. The van der Waals surface area contributed by atoms with E-state index in [4.69, 9.17) is 4.55 Å². The van der Waals surface area contributed by atoms with Gasteiger partial charge in [-0.15, -0.1) is 0 Å². The van der Waals surface area contributed by atoms with Crippen molar-refractivity contribution in [2.24, 2.45) is 5.92 Å². The summed E-state index contributed by atoms with van der Waals surface area (Å²) in [5, 5.41) is -6.21. The lowest BCUT2D eigenvalue weighted by atomic mass is 10.0. The van der Waals surface area contributed by atoms with Crippen molar-refractivity contribution in [1.29, 1.82) is 0 Å². The van der Waals surface area contributed by atoms with E-state index in [1.165, 1.54) is 0 Å². The van der Waals surface area contributed by atoms with Gasteiger partial charge in [-0.3, -0.25) is 4.55 Å². The Labute approximate surface area is 85.0 Å². The van der Waals surface area contributed by atoms with Crippen molar-refractivity contribution >= 4 is 10.1 Å². The molecule has 0 aromatic heterocycles. The standard InChI is InChI=1S/C5H5F7O3S/c1-2(4(8,9)10)3(6,7)5(11,12)16(13,14)15/h2H,1H3,(H,13,14,15). The largest absolute Gasteiger partial charge is 0.432 e. The summed E-state index contributed by atoms with van der Waals surface area (Å²) in [6, 6.07) is 0. The zero-order valence-corrected chi connectivity index (χ0v) is 8.21. The molecule has 0 fully saturated rings. The molecule has 0 rings (SSSR count). The number of rotatable bonds is 3. The normalized spacial score (nSPS) is 17.3. The van der Waals surface area contributed by atoms with Crippen LogP contribution in [0.15, 0.2) is 0 Å². The van der Waals surface area contributed by atoms with Crippen molar-refractivity contribution in [3.63, 3.8) is 0 Å². The van der Waals surface area contributed by atoms with E-state index in [0.29, 0.717) is 0 Å². The molecule has 0 radical (unpaired) electrons. The van der Waals surface area contributed by atoms with Crippen LogP contribution in [0.2, 0.25) is 0 Å². The number of hydrogen-bond donors (Lipinski definition) is 1. The third-order valence-corrected chi connectivity index (χ3v) is 2.67. The van der Waals surface area contributed by atoms with Gasteiger partial charge in [-0.1, -0.05) is 0 Å². The molecule has 0 spiro atoms. The van der Waals surface area contributed by atoms with Crippen LogP contribution in [0.25, 0.3) is 0 Å². The molecule has 16 heavy (non-hydrogen) atoms. The second-order valence-electron chi connectivity index (χ2n) is 2.88. The van der Waals surface area contributed by atoms with Crippen LogP contribution in [0, 0.1) is 5.92 Å². The van der Waals surface area contributed by atoms with Gasteiger partial charge in [-0.05, 0) is 6.92 Å². The van der Waals surface area contributed by atoms with Crippen LogP contribution < -0.4 is 0 Å². The molecule has 11 heteroatoms. The molecule has 1 N–H and O–H groups in total. The van der Waals surface area contributed by atoms with Crippen molar-refractivity contribution < 1.29 is 43.7 Å². The van der Waals surface area contributed by atoms with E-state index < -0.39 is 33.4 Å². The second-order valence-corrected chi connectivity index (χ2v) is 4.34. The summed E-state index contributed by atoms with van der Waals surface area (Å²) in [4.78, 5) is 0. The van der Waals surface area contributed by atoms with Crippen molar-refractivity contribution in [3.8, 4) is 0 Å². The van der Waals surface area contributed by atoms with E-state index in [0.717, 1.165) is 0 Å². The Balaban J connectivity index is 5.55. The molecule has 0 saturated heterocycles. The molecule has 3 nitrogen and oxygen atoms in total. The Morgan fingerprint density at radius 3 is 1.50 bits per heavy atom. The fraction of sp³-hybridized carbons (Fsp3) is 1.00. The lowest BCUT2D eigenvalue weighted by Gasteiger charge is -2.30. The van der Waals surface area contributed by atoms with Crippen LogP contribution in [0.5, 0.6) is 0 Å². The van der Waals surface area contributed by atoms with E-state index in [1.807, 2.05) is 0 Å². The summed E-state index contributed by atoms with van der Waals surface area (Å²) in [5.74, 6) is -9.91. The van der Waals surface area contributed by atoms with Gasteiger partial charge in [0.2, 0.25) is 0 Å². The van der Waals surface area contributed by atoms with Crippen molar-refractivity contribution in [3.05, 3.63) is 0 Å². The van der Waals surface area contributed by atoms with E-state index >= 15 is 0 Å². The molecule has 0 bridgehead atoms. The first-order valence-electron chi connectivity index (χ1n) is 3.45. The average molecular weight is 278 g/mol. The third-order valence-electron chi connectivity index (χ3n) is 1.75. The highest BCUT2D eigenvalue weighted by Crippen LogP contribution is 2.48. The van der Waals surface area contributed by atoms with Crippen LogP contribution >= 0.6 is 0 Å². The number of halogens is 7. The molecule has 0 aliphatic rings. The van der Waals surface area contributed by atoms with Crippen LogP contribution in [0.3, 0.4) is 0 Å². The first-order chi connectivity index (χ1) is 6.65. The van der Waals surface area contributed by atoms with E-state index in [-0.39, 0.29) is 6.92 Å². The average Bonchev–Trinajstić information content (AvgIpc) is 1.98. The van der Waals surface area contributed by atoms with Gasteiger partial charge in [0.25, 0.3) is 0 Å². The SMILES string of the molecule is CC(C(F)(F)F)C(F)(F)C(F)(F)S(=O)(=O)O. The molecule has 0 aliphatic carbocycles. The van der Waals surface area contributed by atoms with Crippen LogP contribution in [0.4, 0.5) is 30.7 Å². The fourth-order valence-corrected chi connectivity index (χ4v) is 1.15. The molecule has 98 valence electrons. The highest BCUT2D eigenvalue weighted by atomic mass is 32.2. The minimum atomic E-state index is -6.65. The summed E-state index contributed by atoms with van der Waals surface area (Å²) < 4.78 is 113. The first kappa shape index (κ1) is 15.4. The highest BCUT2D eigenvalue weighted by Gasteiger charge is 2.72. The van der Waals surface area contributed by atoms with Gasteiger partial charge in [-0.2, -0.15) is 39.2 Å². The van der Waals surface area contributed by atoms with E-state index in [2.05, 4.69) is 0 Å². The molecule has 0 aliphatic heterocycles. The zero-order chi connectivity index (χ0) is 13.6. The van der Waals surface area contributed by atoms with Crippen LogP contribution in [-0.2, 0) is 10.1 Å². The topological polar surface area (TPSA) is 54.4 Å². The molecule has 1 unspecified atom stereocenters. The molecule has 0 aromatic carbocycles. The summed E-state index contributed by atoms with van der Waals surface area (Å²) in [7, 11) is -6.65.